The normalized spacial score (nSPS) is 13.1. The van der Waals surface area contributed by atoms with Crippen molar-refractivity contribution in [2.24, 2.45) is 0 Å². The van der Waals surface area contributed by atoms with E-state index in [4.69, 9.17) is 0 Å². The van der Waals surface area contributed by atoms with Gasteiger partial charge >= 0.3 is 0 Å². The molecule has 3 heteroatoms. The van der Waals surface area contributed by atoms with Gasteiger partial charge in [0.1, 0.15) is 0 Å². The van der Waals surface area contributed by atoms with Crippen LogP contribution in [-0.4, -0.2) is 13.7 Å². The Bertz CT molecular complexity index is 3080. The van der Waals surface area contributed by atoms with E-state index in [-0.39, 0.29) is 0 Å². The maximum Gasteiger partial charge on any atom is 0.0548 e. The molecule has 0 atom stereocenters. The van der Waals surface area contributed by atoms with E-state index in [0.29, 0.717) is 0 Å². The summed E-state index contributed by atoms with van der Waals surface area (Å²) in [6, 6.07) is 55.7. The van der Waals surface area contributed by atoms with Crippen LogP contribution in [0.25, 0.3) is 94.5 Å². The van der Waals surface area contributed by atoms with E-state index in [9.17, 15) is 0 Å². The van der Waals surface area contributed by atoms with E-state index in [0.717, 1.165) is 12.8 Å². The Morgan fingerprint density at radius 3 is 1.80 bits per heavy atom. The average Bonchev–Trinajstić information content (AvgIpc) is 3.79. The molecule has 0 fully saturated rings. The molecular formula is C46H31N3. The molecule has 49 heavy (non-hydrogen) atoms. The minimum atomic E-state index is 1.07. The van der Waals surface area contributed by atoms with Crippen molar-refractivity contribution in [2.75, 3.05) is 0 Å². The third-order valence-corrected chi connectivity index (χ3v) is 10.6. The number of para-hydroxylation sites is 3. The van der Waals surface area contributed by atoms with Crippen LogP contribution < -0.4 is 10.6 Å². The van der Waals surface area contributed by atoms with Gasteiger partial charge in [0.15, 0.2) is 0 Å². The summed E-state index contributed by atoms with van der Waals surface area (Å²) in [4.78, 5) is 0. The van der Waals surface area contributed by atoms with Gasteiger partial charge in [-0.1, -0.05) is 97.1 Å². The fourth-order valence-electron chi connectivity index (χ4n) is 8.56. The van der Waals surface area contributed by atoms with Crippen LogP contribution in [0.15, 0.2) is 152 Å². The molecule has 1 aliphatic carbocycles. The Morgan fingerprint density at radius 2 is 0.959 bits per heavy atom. The maximum atomic E-state index is 2.49. The van der Waals surface area contributed by atoms with Crippen LogP contribution in [0.3, 0.4) is 0 Å². The number of rotatable bonds is 3. The highest BCUT2D eigenvalue weighted by Gasteiger charge is 2.20. The van der Waals surface area contributed by atoms with Crippen LogP contribution in [0, 0.1) is 0 Å². The molecule has 10 aromatic rings. The molecule has 7 aromatic carbocycles. The molecule has 0 spiro atoms. The minimum absolute atomic E-state index is 1.07. The Labute approximate surface area is 282 Å². The van der Waals surface area contributed by atoms with Gasteiger partial charge in [-0.2, -0.15) is 0 Å². The van der Waals surface area contributed by atoms with Crippen molar-refractivity contribution in [3.8, 4) is 17.1 Å². The smallest absolute Gasteiger partial charge is 0.0548 e. The topological polar surface area (TPSA) is 14.8 Å². The SMILES string of the molecule is C1=c2c(n(-c3ccccc3)c3cc4c5ccccc5n(-c5ccc6c(c5)c5c7ccccc7ccc5n6-c5ccccc5)c4cc23)=CCC1. The zero-order chi connectivity index (χ0) is 32.1. The summed E-state index contributed by atoms with van der Waals surface area (Å²) in [7, 11) is 0. The first-order valence-corrected chi connectivity index (χ1v) is 17.2. The zero-order valence-electron chi connectivity index (χ0n) is 26.8. The predicted molar refractivity (Wildman–Crippen MR) is 207 cm³/mol. The molecule has 0 saturated heterocycles. The molecule has 3 heterocycles. The molecule has 0 saturated carbocycles. The third-order valence-electron chi connectivity index (χ3n) is 10.6. The van der Waals surface area contributed by atoms with E-state index in [1.807, 2.05) is 0 Å². The first-order valence-electron chi connectivity index (χ1n) is 17.2. The van der Waals surface area contributed by atoms with Gasteiger partial charge in [0.05, 0.1) is 27.6 Å². The van der Waals surface area contributed by atoms with Crippen LogP contribution in [-0.2, 0) is 0 Å². The van der Waals surface area contributed by atoms with E-state index in [2.05, 4.69) is 178 Å². The lowest BCUT2D eigenvalue weighted by molar-refractivity contribution is 1.02. The van der Waals surface area contributed by atoms with Crippen molar-refractivity contribution in [1.82, 2.24) is 13.7 Å². The maximum absolute atomic E-state index is 2.49. The number of benzene rings is 7. The van der Waals surface area contributed by atoms with Gasteiger partial charge in [0.2, 0.25) is 0 Å². The zero-order valence-corrected chi connectivity index (χ0v) is 26.8. The molecule has 0 unspecified atom stereocenters. The number of fused-ring (bicyclic) bond motifs is 11. The van der Waals surface area contributed by atoms with Crippen LogP contribution in [0.2, 0.25) is 0 Å². The van der Waals surface area contributed by atoms with Crippen molar-refractivity contribution >= 4 is 77.4 Å². The second kappa shape index (κ2) is 10.1. The Hall–Kier alpha value is -6.32. The Balaban J connectivity index is 1.26. The van der Waals surface area contributed by atoms with Gasteiger partial charge in [0.25, 0.3) is 0 Å². The molecule has 0 bridgehead atoms. The van der Waals surface area contributed by atoms with Gasteiger partial charge in [-0.25, -0.2) is 0 Å². The van der Waals surface area contributed by atoms with Crippen molar-refractivity contribution in [2.45, 2.75) is 12.8 Å². The van der Waals surface area contributed by atoms with Gasteiger partial charge < -0.3 is 13.7 Å². The minimum Gasteiger partial charge on any atom is -0.310 e. The van der Waals surface area contributed by atoms with Gasteiger partial charge in [-0.05, 0) is 90.3 Å². The van der Waals surface area contributed by atoms with Crippen molar-refractivity contribution in [3.63, 3.8) is 0 Å². The highest BCUT2D eigenvalue weighted by Crippen LogP contribution is 2.40. The molecule has 3 nitrogen and oxygen atoms in total. The fourth-order valence-corrected chi connectivity index (χ4v) is 8.56. The van der Waals surface area contributed by atoms with Crippen LogP contribution in [0.1, 0.15) is 12.8 Å². The lowest BCUT2D eigenvalue weighted by atomic mass is 10.0. The van der Waals surface area contributed by atoms with Gasteiger partial charge in [0, 0.05) is 54.6 Å². The highest BCUT2D eigenvalue weighted by molar-refractivity contribution is 6.22. The quantitative estimate of drug-likeness (QED) is 0.186. The fraction of sp³-hybridized carbons (Fsp3) is 0.0435. The van der Waals surface area contributed by atoms with Crippen LogP contribution in [0.4, 0.5) is 0 Å². The Kier molecular flexibility index (Phi) is 5.50. The molecule has 0 aliphatic heterocycles. The molecule has 0 N–H and O–H groups in total. The molecule has 11 rings (SSSR count). The van der Waals surface area contributed by atoms with E-state index in [1.165, 1.54) is 92.9 Å². The number of hydrogen-bond acceptors (Lipinski definition) is 0. The lowest BCUT2D eigenvalue weighted by Gasteiger charge is -2.11. The monoisotopic (exact) mass is 625 g/mol. The molecule has 0 radical (unpaired) electrons. The molecular weight excluding hydrogens is 595 g/mol. The summed E-state index contributed by atoms with van der Waals surface area (Å²) < 4.78 is 7.36. The van der Waals surface area contributed by atoms with E-state index >= 15 is 0 Å². The summed E-state index contributed by atoms with van der Waals surface area (Å²) in [5, 5.41) is 11.6. The summed E-state index contributed by atoms with van der Waals surface area (Å²) in [6.45, 7) is 0. The first-order chi connectivity index (χ1) is 24.3. The summed E-state index contributed by atoms with van der Waals surface area (Å²) >= 11 is 0. The summed E-state index contributed by atoms with van der Waals surface area (Å²) in [5.41, 5.74) is 9.69. The summed E-state index contributed by atoms with van der Waals surface area (Å²) in [6.07, 6.45) is 6.99. The number of hydrogen-bond donors (Lipinski definition) is 0. The van der Waals surface area contributed by atoms with Crippen LogP contribution >= 0.6 is 0 Å². The third kappa shape index (κ3) is 3.73. The van der Waals surface area contributed by atoms with Crippen LogP contribution in [0.5, 0.6) is 0 Å². The second-order valence-corrected chi connectivity index (χ2v) is 13.2. The standard InChI is InChI=1S/C46H31N3/c1-3-14-31(15-4-1)47-42-26-24-33(27-39(42)46-34-18-8-7-13-30(34)23-25-43(46)47)49-41-22-12-10-20-36(41)38-28-44-37(29-45(38)49)35-19-9-11-21-40(35)48(44)32-16-5-2-6-17-32/h1-8,10,12-29H,9,11H2. The number of nitrogens with zero attached hydrogens (tertiary/aromatic N) is 3. The largest absolute Gasteiger partial charge is 0.310 e. The summed E-state index contributed by atoms with van der Waals surface area (Å²) in [5.74, 6) is 0. The second-order valence-electron chi connectivity index (χ2n) is 13.2. The van der Waals surface area contributed by atoms with Gasteiger partial charge in [-0.15, -0.1) is 0 Å². The van der Waals surface area contributed by atoms with Gasteiger partial charge in [-0.3, -0.25) is 0 Å². The van der Waals surface area contributed by atoms with E-state index in [1.54, 1.807) is 0 Å². The molecule has 0 amide bonds. The number of aromatic nitrogens is 3. The van der Waals surface area contributed by atoms with E-state index < -0.39 is 0 Å². The average molecular weight is 626 g/mol. The van der Waals surface area contributed by atoms with Crippen molar-refractivity contribution in [1.29, 1.82) is 0 Å². The first kappa shape index (κ1) is 26.7. The molecule has 1 aliphatic rings. The predicted octanol–water partition coefficient (Wildman–Crippen LogP) is 10.3. The molecule has 230 valence electrons. The lowest BCUT2D eigenvalue weighted by Crippen LogP contribution is -2.30. The highest BCUT2D eigenvalue weighted by atomic mass is 15.0. The van der Waals surface area contributed by atoms with Crippen molar-refractivity contribution < 1.29 is 0 Å². The molecule has 3 aromatic heterocycles. The van der Waals surface area contributed by atoms with Crippen molar-refractivity contribution in [3.05, 3.63) is 162 Å². The Morgan fingerprint density at radius 1 is 0.347 bits per heavy atom.